The van der Waals surface area contributed by atoms with E-state index in [1.54, 1.807) is 0 Å². The molecule has 0 radical (unpaired) electrons. The number of rotatable bonds is 5. The summed E-state index contributed by atoms with van der Waals surface area (Å²) in [5, 5.41) is 7.60. The average Bonchev–Trinajstić information content (AvgIpc) is 3.24. The van der Waals surface area contributed by atoms with Crippen LogP contribution in [0.1, 0.15) is 49.4 Å². The number of carbonyl (C=O) groups excluding carboxylic acids is 1. The van der Waals surface area contributed by atoms with Crippen molar-refractivity contribution in [2.75, 3.05) is 19.6 Å². The van der Waals surface area contributed by atoms with Crippen molar-refractivity contribution in [2.45, 2.75) is 38.5 Å². The molecule has 0 spiro atoms. The Bertz CT molecular complexity index is 731. The number of carbonyl (C=O) groups is 1. The number of amides is 2. The fourth-order valence-electron chi connectivity index (χ4n) is 2.97. The molecule has 1 aromatic carbocycles. The minimum absolute atomic E-state index is 0.0443. The van der Waals surface area contributed by atoms with Gasteiger partial charge in [-0.3, -0.25) is 0 Å². The van der Waals surface area contributed by atoms with Crippen molar-refractivity contribution in [1.29, 1.82) is 0 Å². The Hall–Kier alpha value is -2.08. The third-order valence-electron chi connectivity index (χ3n) is 4.40. The second kappa shape index (κ2) is 7.87. The lowest BCUT2D eigenvalue weighted by molar-refractivity contribution is 0.208. The molecule has 1 unspecified atom stereocenters. The molecule has 1 aromatic heterocycles. The summed E-state index contributed by atoms with van der Waals surface area (Å²) in [7, 11) is 0. The van der Waals surface area contributed by atoms with Gasteiger partial charge in [-0.05, 0) is 24.1 Å². The van der Waals surface area contributed by atoms with Crippen LogP contribution in [0.4, 0.5) is 4.79 Å². The van der Waals surface area contributed by atoms with Crippen LogP contribution >= 0.6 is 11.6 Å². The zero-order chi connectivity index (χ0) is 17.8. The molecule has 1 atom stereocenters. The Morgan fingerprint density at radius 1 is 1.48 bits per heavy atom. The summed E-state index contributed by atoms with van der Waals surface area (Å²) in [5.74, 6) is 1.81. The van der Waals surface area contributed by atoms with Crippen LogP contribution < -0.4 is 5.32 Å². The van der Waals surface area contributed by atoms with Crippen LogP contribution in [0.15, 0.2) is 28.8 Å². The number of nitrogens with one attached hydrogen (secondary N) is 1. The number of benzene rings is 1. The van der Waals surface area contributed by atoms with Crippen LogP contribution in [0.3, 0.4) is 0 Å². The zero-order valence-electron chi connectivity index (χ0n) is 14.5. The van der Waals surface area contributed by atoms with Gasteiger partial charge in [-0.25, -0.2) is 4.79 Å². The molecule has 6 nitrogen and oxygen atoms in total. The fourth-order valence-corrected chi connectivity index (χ4v) is 3.17. The maximum absolute atomic E-state index is 12.3. The smallest absolute Gasteiger partial charge is 0.317 e. The van der Waals surface area contributed by atoms with Gasteiger partial charge >= 0.3 is 6.03 Å². The highest BCUT2D eigenvalue weighted by atomic mass is 35.5. The highest BCUT2D eigenvalue weighted by molar-refractivity contribution is 6.30. The minimum Gasteiger partial charge on any atom is -0.339 e. The van der Waals surface area contributed by atoms with Gasteiger partial charge in [-0.1, -0.05) is 42.7 Å². The van der Waals surface area contributed by atoms with E-state index in [-0.39, 0.29) is 11.9 Å². The van der Waals surface area contributed by atoms with Crippen molar-refractivity contribution in [2.24, 2.45) is 0 Å². The van der Waals surface area contributed by atoms with Gasteiger partial charge in [0.05, 0.1) is 0 Å². The van der Waals surface area contributed by atoms with Crippen molar-refractivity contribution >= 4 is 17.6 Å². The summed E-state index contributed by atoms with van der Waals surface area (Å²) < 4.78 is 5.16. The van der Waals surface area contributed by atoms with Crippen LogP contribution in [0.2, 0.25) is 5.02 Å². The summed E-state index contributed by atoms with van der Waals surface area (Å²) in [6.07, 6.45) is 1.52. The maximum Gasteiger partial charge on any atom is 0.317 e. The fraction of sp³-hybridized carbons (Fsp3) is 0.500. The first kappa shape index (κ1) is 17.7. The van der Waals surface area contributed by atoms with E-state index < -0.39 is 0 Å². The number of halogens is 1. The molecule has 7 heteroatoms. The number of likely N-dealkylation sites (tertiary alicyclic amines) is 1. The second-order valence-corrected chi connectivity index (χ2v) is 7.11. The van der Waals surface area contributed by atoms with Crippen LogP contribution in [-0.2, 0) is 6.42 Å². The van der Waals surface area contributed by atoms with Crippen molar-refractivity contribution in [3.63, 3.8) is 0 Å². The maximum atomic E-state index is 12.3. The summed E-state index contributed by atoms with van der Waals surface area (Å²) in [4.78, 5) is 18.5. The van der Waals surface area contributed by atoms with Crippen LogP contribution in [-0.4, -0.2) is 40.7 Å². The monoisotopic (exact) mass is 362 g/mol. The normalized spacial score (nSPS) is 17.3. The summed E-state index contributed by atoms with van der Waals surface area (Å²) >= 11 is 6.06. The van der Waals surface area contributed by atoms with Crippen molar-refractivity contribution in [3.8, 4) is 0 Å². The molecule has 1 fully saturated rings. The standard InChI is InChI=1S/C18H23ClN4O2/c1-12(2)17-21-16(22-25-17)6-8-20-18(24)23-9-7-14(11-23)13-4-3-5-15(19)10-13/h3-5,10,12,14H,6-9,11H2,1-2H3,(H,20,24). The van der Waals surface area contributed by atoms with Crippen molar-refractivity contribution < 1.29 is 9.32 Å². The topological polar surface area (TPSA) is 71.3 Å². The number of urea groups is 1. The van der Waals surface area contributed by atoms with Crippen molar-refractivity contribution in [3.05, 3.63) is 46.6 Å². The highest BCUT2D eigenvalue weighted by Gasteiger charge is 2.27. The SMILES string of the molecule is CC(C)c1nc(CCNC(=O)N2CCC(c3cccc(Cl)c3)C2)no1. The molecule has 25 heavy (non-hydrogen) atoms. The van der Waals surface area contributed by atoms with Gasteiger partial charge in [0.15, 0.2) is 5.82 Å². The molecular formula is C18H23ClN4O2. The molecule has 0 saturated carbocycles. The molecule has 2 heterocycles. The van der Waals surface area contributed by atoms with E-state index >= 15 is 0 Å². The quantitative estimate of drug-likeness (QED) is 0.882. The van der Waals surface area contributed by atoms with E-state index in [1.807, 2.05) is 36.9 Å². The Morgan fingerprint density at radius 3 is 3.04 bits per heavy atom. The van der Waals surface area contributed by atoms with Gasteiger partial charge in [0.2, 0.25) is 5.89 Å². The Morgan fingerprint density at radius 2 is 2.32 bits per heavy atom. The molecule has 1 N–H and O–H groups in total. The molecule has 1 saturated heterocycles. The van der Waals surface area contributed by atoms with E-state index in [9.17, 15) is 4.79 Å². The molecule has 2 amide bonds. The van der Waals surface area contributed by atoms with Gasteiger partial charge in [-0.15, -0.1) is 0 Å². The molecule has 0 bridgehead atoms. The lowest BCUT2D eigenvalue weighted by atomic mass is 9.99. The average molecular weight is 363 g/mol. The van der Waals surface area contributed by atoms with E-state index in [0.717, 1.165) is 18.0 Å². The van der Waals surface area contributed by atoms with Gasteiger partial charge in [-0.2, -0.15) is 4.98 Å². The molecule has 1 aliphatic rings. The predicted molar refractivity (Wildman–Crippen MR) is 95.9 cm³/mol. The summed E-state index contributed by atoms with van der Waals surface area (Å²) in [6, 6.07) is 7.83. The van der Waals surface area contributed by atoms with E-state index in [2.05, 4.69) is 21.5 Å². The van der Waals surface area contributed by atoms with E-state index in [1.165, 1.54) is 5.56 Å². The summed E-state index contributed by atoms with van der Waals surface area (Å²) in [6.45, 7) is 5.97. The van der Waals surface area contributed by atoms with Crippen molar-refractivity contribution in [1.82, 2.24) is 20.4 Å². The van der Waals surface area contributed by atoms with Gasteiger partial charge < -0.3 is 14.7 Å². The Kier molecular flexibility index (Phi) is 5.58. The van der Waals surface area contributed by atoms with Gasteiger partial charge in [0, 0.05) is 42.9 Å². The number of hydrogen-bond donors (Lipinski definition) is 1. The first-order valence-electron chi connectivity index (χ1n) is 8.63. The summed E-state index contributed by atoms with van der Waals surface area (Å²) in [5.41, 5.74) is 1.19. The lowest BCUT2D eigenvalue weighted by Crippen LogP contribution is -2.39. The third kappa shape index (κ3) is 4.51. The van der Waals surface area contributed by atoms with Gasteiger partial charge in [0.1, 0.15) is 0 Å². The molecular weight excluding hydrogens is 340 g/mol. The molecule has 0 aliphatic carbocycles. The predicted octanol–water partition coefficient (Wildman–Crippen LogP) is 3.59. The van der Waals surface area contributed by atoms with E-state index in [0.29, 0.717) is 37.1 Å². The molecule has 1 aliphatic heterocycles. The second-order valence-electron chi connectivity index (χ2n) is 6.67. The van der Waals surface area contributed by atoms with E-state index in [4.69, 9.17) is 16.1 Å². The minimum atomic E-state index is -0.0443. The van der Waals surface area contributed by atoms with Crippen LogP contribution in [0, 0.1) is 0 Å². The van der Waals surface area contributed by atoms with Crippen LogP contribution in [0.5, 0.6) is 0 Å². The number of aromatic nitrogens is 2. The molecule has 134 valence electrons. The Labute approximate surface area is 152 Å². The Balaban J connectivity index is 1.46. The number of nitrogens with zero attached hydrogens (tertiary/aromatic N) is 3. The molecule has 3 rings (SSSR count). The largest absolute Gasteiger partial charge is 0.339 e. The zero-order valence-corrected chi connectivity index (χ0v) is 15.3. The lowest BCUT2D eigenvalue weighted by Gasteiger charge is -2.17. The highest BCUT2D eigenvalue weighted by Crippen LogP contribution is 2.28. The first-order valence-corrected chi connectivity index (χ1v) is 9.01. The van der Waals surface area contributed by atoms with Gasteiger partial charge in [0.25, 0.3) is 0 Å². The third-order valence-corrected chi connectivity index (χ3v) is 4.63. The first-order chi connectivity index (χ1) is 12.0. The van der Waals surface area contributed by atoms with Crippen LogP contribution in [0.25, 0.3) is 0 Å². The number of hydrogen-bond acceptors (Lipinski definition) is 4. The molecule has 2 aromatic rings.